The van der Waals surface area contributed by atoms with Crippen LogP contribution in [0.25, 0.3) is 0 Å². The van der Waals surface area contributed by atoms with E-state index in [1.807, 2.05) is 0 Å². The normalized spacial score (nSPS) is 29.8. The van der Waals surface area contributed by atoms with Crippen LogP contribution in [0.3, 0.4) is 0 Å². The van der Waals surface area contributed by atoms with Gasteiger partial charge in [0.1, 0.15) is 0 Å². The summed E-state index contributed by atoms with van der Waals surface area (Å²) in [5, 5.41) is 5.45. The zero-order valence-corrected chi connectivity index (χ0v) is 17.0. The number of hydrogen-bond acceptors (Lipinski definition) is 5. The molecule has 1 aromatic rings. The van der Waals surface area contributed by atoms with Crippen molar-refractivity contribution in [2.24, 2.45) is 23.5 Å². The quantitative estimate of drug-likeness (QED) is 0.646. The second kappa shape index (κ2) is 7.98. The Bertz CT molecular complexity index is 876. The van der Waals surface area contributed by atoms with Crippen molar-refractivity contribution in [1.82, 2.24) is 9.62 Å². The number of amides is 2. The van der Waals surface area contributed by atoms with Crippen LogP contribution in [0.1, 0.15) is 19.3 Å². The van der Waals surface area contributed by atoms with Crippen LogP contribution in [0, 0.1) is 17.8 Å². The Labute approximate surface area is 170 Å². The van der Waals surface area contributed by atoms with E-state index in [4.69, 9.17) is 5.73 Å². The Kier molecular flexibility index (Phi) is 6.00. The molecule has 8 nitrogen and oxygen atoms in total. The number of nitrogens with one attached hydrogen (secondary N) is 2. The summed E-state index contributed by atoms with van der Waals surface area (Å²) in [6, 6.07) is 6.05. The molecule has 0 aromatic heterocycles. The number of carbonyl (C=O) groups is 2. The Morgan fingerprint density at radius 1 is 1.25 bits per heavy atom. The van der Waals surface area contributed by atoms with E-state index in [1.165, 1.54) is 12.1 Å². The van der Waals surface area contributed by atoms with Crippen LogP contribution in [0.5, 0.6) is 0 Å². The van der Waals surface area contributed by atoms with Crippen LogP contribution >= 0.6 is 12.4 Å². The van der Waals surface area contributed by atoms with E-state index in [0.717, 1.165) is 23.6 Å². The first-order valence-corrected chi connectivity index (χ1v) is 10.7. The third-order valence-electron chi connectivity index (χ3n) is 6.03. The van der Waals surface area contributed by atoms with E-state index in [9.17, 15) is 18.0 Å². The van der Waals surface area contributed by atoms with Crippen LogP contribution in [0.2, 0.25) is 0 Å². The summed E-state index contributed by atoms with van der Waals surface area (Å²) in [6.07, 6.45) is 3.12. The number of nitrogens with two attached hydrogens (primary N) is 1. The Morgan fingerprint density at radius 2 is 2.00 bits per heavy atom. The van der Waals surface area contributed by atoms with E-state index in [-0.39, 0.29) is 60.7 Å². The minimum Gasteiger partial charge on any atom is -0.354 e. The molecule has 4 atom stereocenters. The van der Waals surface area contributed by atoms with Gasteiger partial charge in [0.25, 0.3) is 0 Å². The van der Waals surface area contributed by atoms with E-state index < -0.39 is 10.0 Å². The number of carbonyl (C=O) groups excluding carboxylic acids is 2. The summed E-state index contributed by atoms with van der Waals surface area (Å²) in [7, 11) is -3.79. The lowest BCUT2D eigenvalue weighted by Gasteiger charge is -2.27. The number of nitrogens with zero attached hydrogens (tertiary/aromatic N) is 1. The van der Waals surface area contributed by atoms with Crippen molar-refractivity contribution in [1.29, 1.82) is 0 Å². The Morgan fingerprint density at radius 3 is 2.68 bits per heavy atom. The minimum absolute atomic E-state index is 0. The number of halogens is 1. The van der Waals surface area contributed by atoms with Gasteiger partial charge in [-0.2, -0.15) is 4.31 Å². The molecule has 3 aliphatic rings. The number of hydrogen-bond donors (Lipinski definition) is 3. The summed E-state index contributed by atoms with van der Waals surface area (Å²) in [4.78, 5) is 24.3. The predicted molar refractivity (Wildman–Crippen MR) is 106 cm³/mol. The van der Waals surface area contributed by atoms with Crippen molar-refractivity contribution in [2.45, 2.75) is 30.2 Å². The van der Waals surface area contributed by atoms with Crippen molar-refractivity contribution in [3.63, 3.8) is 0 Å². The first-order valence-electron chi connectivity index (χ1n) is 9.29. The number of fused-ring (bicyclic) bond motifs is 2. The lowest BCUT2D eigenvalue weighted by atomic mass is 9.84. The molecule has 4 rings (SSSR count). The number of sulfonamides is 1. The molecule has 2 amide bonds. The zero-order chi connectivity index (χ0) is 19.2. The molecule has 0 radical (unpaired) electrons. The molecule has 1 aliphatic heterocycles. The molecule has 3 fully saturated rings. The molecule has 1 heterocycles. The monoisotopic (exact) mass is 428 g/mol. The Hall–Kier alpha value is -1.68. The second-order valence-corrected chi connectivity index (χ2v) is 9.58. The van der Waals surface area contributed by atoms with Crippen LogP contribution in [0.15, 0.2) is 29.2 Å². The maximum absolute atomic E-state index is 12.8. The number of anilines is 1. The van der Waals surface area contributed by atoms with Gasteiger partial charge in [-0.25, -0.2) is 8.42 Å². The zero-order valence-electron chi connectivity index (χ0n) is 15.3. The molecule has 10 heteroatoms. The fourth-order valence-corrected chi connectivity index (χ4v) is 6.10. The fourth-order valence-electron chi connectivity index (χ4n) is 4.65. The molecule has 154 valence electrons. The fraction of sp³-hybridized carbons (Fsp3) is 0.556. The highest BCUT2D eigenvalue weighted by Crippen LogP contribution is 2.47. The van der Waals surface area contributed by atoms with Crippen molar-refractivity contribution in [3.05, 3.63) is 24.3 Å². The summed E-state index contributed by atoms with van der Waals surface area (Å²) >= 11 is 0. The number of benzene rings is 1. The van der Waals surface area contributed by atoms with Gasteiger partial charge in [-0.1, -0.05) is 6.07 Å². The number of piperazine rings is 1. The smallest absolute Gasteiger partial charge is 0.243 e. The van der Waals surface area contributed by atoms with E-state index in [1.54, 1.807) is 12.1 Å². The van der Waals surface area contributed by atoms with Gasteiger partial charge in [0, 0.05) is 24.8 Å². The van der Waals surface area contributed by atoms with E-state index in [0.29, 0.717) is 17.5 Å². The van der Waals surface area contributed by atoms with Gasteiger partial charge in [-0.15, -0.1) is 12.4 Å². The van der Waals surface area contributed by atoms with Gasteiger partial charge in [-0.3, -0.25) is 9.59 Å². The van der Waals surface area contributed by atoms with Crippen molar-refractivity contribution >= 4 is 39.9 Å². The molecular weight excluding hydrogens is 404 g/mol. The third kappa shape index (κ3) is 3.76. The average molecular weight is 429 g/mol. The second-order valence-electron chi connectivity index (χ2n) is 7.64. The minimum atomic E-state index is -3.79. The van der Waals surface area contributed by atoms with Crippen molar-refractivity contribution in [3.8, 4) is 0 Å². The predicted octanol–water partition coefficient (Wildman–Crippen LogP) is 0.541. The highest BCUT2D eigenvalue weighted by atomic mass is 35.5. The summed E-state index contributed by atoms with van der Waals surface area (Å²) in [5.74, 6) is 0.0717. The van der Waals surface area contributed by atoms with Gasteiger partial charge in [-0.05, 0) is 49.3 Å². The molecule has 28 heavy (non-hydrogen) atoms. The van der Waals surface area contributed by atoms with Gasteiger partial charge < -0.3 is 16.4 Å². The summed E-state index contributed by atoms with van der Waals surface area (Å²) in [5.41, 5.74) is 6.66. The lowest BCUT2D eigenvalue weighted by Crippen LogP contribution is -2.49. The van der Waals surface area contributed by atoms with Crippen LogP contribution < -0.4 is 16.4 Å². The number of rotatable bonds is 4. The first kappa shape index (κ1) is 21.0. The molecule has 1 aromatic carbocycles. The van der Waals surface area contributed by atoms with E-state index in [2.05, 4.69) is 10.6 Å². The highest BCUT2D eigenvalue weighted by molar-refractivity contribution is 7.89. The molecule has 2 aliphatic carbocycles. The highest BCUT2D eigenvalue weighted by Gasteiger charge is 2.49. The topological polar surface area (TPSA) is 122 Å². The molecule has 2 saturated carbocycles. The van der Waals surface area contributed by atoms with Gasteiger partial charge in [0.2, 0.25) is 21.8 Å². The molecule has 4 N–H and O–H groups in total. The third-order valence-corrected chi connectivity index (χ3v) is 7.87. The summed E-state index contributed by atoms with van der Waals surface area (Å²) in [6.45, 7) is 0.320. The van der Waals surface area contributed by atoms with Crippen LogP contribution in [-0.2, 0) is 19.6 Å². The van der Waals surface area contributed by atoms with Gasteiger partial charge in [0.15, 0.2) is 0 Å². The van der Waals surface area contributed by atoms with E-state index >= 15 is 0 Å². The van der Waals surface area contributed by atoms with Crippen molar-refractivity contribution < 1.29 is 18.0 Å². The lowest BCUT2D eigenvalue weighted by molar-refractivity contribution is -0.123. The standard InChI is InChI=1S/C18H24N4O4S.ClH/c19-17-12-5-4-11(8-12)16(17)18(24)21-13-2-1-3-14(9-13)27(25,26)22-7-6-20-15(23)10-22;/h1-3,9,11-12,16-17H,4-8,10,19H2,(H,20,23)(H,21,24);1H. The SMILES string of the molecule is Cl.NC1C2CCC(C2)C1C(=O)Nc1cccc(S(=O)(=O)N2CCNC(=O)C2)c1. The maximum atomic E-state index is 12.8. The molecule has 2 bridgehead atoms. The molecule has 4 unspecified atom stereocenters. The maximum Gasteiger partial charge on any atom is 0.243 e. The largest absolute Gasteiger partial charge is 0.354 e. The molecular formula is C18H25ClN4O4S. The van der Waals surface area contributed by atoms with Gasteiger partial charge in [0.05, 0.1) is 17.4 Å². The summed E-state index contributed by atoms with van der Waals surface area (Å²) < 4.78 is 26.7. The molecule has 0 spiro atoms. The first-order chi connectivity index (χ1) is 12.9. The van der Waals surface area contributed by atoms with Gasteiger partial charge >= 0.3 is 0 Å². The van der Waals surface area contributed by atoms with Crippen molar-refractivity contribution in [2.75, 3.05) is 25.0 Å². The van der Waals surface area contributed by atoms with Crippen LogP contribution in [0.4, 0.5) is 5.69 Å². The molecule has 1 saturated heterocycles. The Balaban J connectivity index is 0.00000225. The average Bonchev–Trinajstić information content (AvgIpc) is 3.23. The van der Waals surface area contributed by atoms with Crippen LogP contribution in [-0.4, -0.2) is 50.2 Å².